The van der Waals surface area contributed by atoms with Gasteiger partial charge in [0.1, 0.15) is 0 Å². The van der Waals surface area contributed by atoms with Crippen LogP contribution >= 0.6 is 0 Å². The van der Waals surface area contributed by atoms with E-state index in [9.17, 15) is 4.79 Å². The highest BCUT2D eigenvalue weighted by Gasteiger charge is 2.26. The molecule has 1 N–H and O–H groups in total. The van der Waals surface area contributed by atoms with Gasteiger partial charge in [0.2, 0.25) is 0 Å². The molecule has 0 radical (unpaired) electrons. The summed E-state index contributed by atoms with van der Waals surface area (Å²) in [5, 5.41) is 8.92. The summed E-state index contributed by atoms with van der Waals surface area (Å²) in [5.74, 6) is 1.17. The van der Waals surface area contributed by atoms with E-state index in [-0.39, 0.29) is 18.8 Å². The van der Waals surface area contributed by atoms with E-state index in [1.165, 1.54) is 0 Å². The topological polar surface area (TPSA) is 49.8 Å². The predicted molar refractivity (Wildman–Crippen MR) is 66.8 cm³/mol. The van der Waals surface area contributed by atoms with Gasteiger partial charge in [-0.3, -0.25) is 0 Å². The molecule has 4 nitrogen and oxygen atoms in total. The third-order valence-electron chi connectivity index (χ3n) is 3.52. The van der Waals surface area contributed by atoms with Crippen LogP contribution in [0.15, 0.2) is 0 Å². The van der Waals surface area contributed by atoms with Gasteiger partial charge < -0.3 is 14.7 Å². The maximum atomic E-state index is 11.7. The molecule has 0 aliphatic carbocycles. The zero-order valence-corrected chi connectivity index (χ0v) is 11.2. The highest BCUT2D eigenvalue weighted by atomic mass is 16.6. The second kappa shape index (κ2) is 6.84. The van der Waals surface area contributed by atoms with Crippen LogP contribution in [0.1, 0.15) is 40.0 Å². The number of nitrogens with zero attached hydrogens (tertiary/aromatic N) is 1. The van der Waals surface area contributed by atoms with Gasteiger partial charge in [0.05, 0.1) is 6.10 Å². The number of hydrogen-bond donors (Lipinski definition) is 1. The lowest BCUT2D eigenvalue weighted by molar-refractivity contribution is 0.0594. The predicted octanol–water partition coefficient (Wildman–Crippen LogP) is 2.26. The molecule has 0 aromatic heterocycles. The Morgan fingerprint density at radius 2 is 1.94 bits per heavy atom. The van der Waals surface area contributed by atoms with Crippen molar-refractivity contribution in [3.63, 3.8) is 0 Å². The molecule has 1 aliphatic heterocycles. The SMILES string of the molecule is CC(C)OC(=O)N1CCC(C(C)CCO)CC1. The van der Waals surface area contributed by atoms with Gasteiger partial charge in [-0.15, -0.1) is 0 Å². The molecule has 1 saturated heterocycles. The third-order valence-corrected chi connectivity index (χ3v) is 3.52. The van der Waals surface area contributed by atoms with Crippen LogP contribution in [-0.2, 0) is 4.74 Å². The van der Waals surface area contributed by atoms with Gasteiger partial charge >= 0.3 is 6.09 Å². The fourth-order valence-corrected chi connectivity index (χ4v) is 2.37. The number of piperidine rings is 1. The molecule has 17 heavy (non-hydrogen) atoms. The molecular weight excluding hydrogens is 218 g/mol. The van der Waals surface area contributed by atoms with Crippen LogP contribution in [0.2, 0.25) is 0 Å². The molecule has 1 atom stereocenters. The average molecular weight is 243 g/mol. The van der Waals surface area contributed by atoms with Crippen molar-refractivity contribution in [3.05, 3.63) is 0 Å². The summed E-state index contributed by atoms with van der Waals surface area (Å²) in [6.45, 7) is 7.75. The molecule has 0 saturated carbocycles. The zero-order chi connectivity index (χ0) is 12.8. The van der Waals surface area contributed by atoms with Crippen molar-refractivity contribution < 1.29 is 14.6 Å². The lowest BCUT2D eigenvalue weighted by Crippen LogP contribution is -2.40. The molecule has 1 aliphatic rings. The highest BCUT2D eigenvalue weighted by molar-refractivity contribution is 5.67. The monoisotopic (exact) mass is 243 g/mol. The van der Waals surface area contributed by atoms with Crippen molar-refractivity contribution in [1.82, 2.24) is 4.90 Å². The summed E-state index contributed by atoms with van der Waals surface area (Å²) in [6.07, 6.45) is 2.67. The lowest BCUT2D eigenvalue weighted by Gasteiger charge is -2.34. The van der Waals surface area contributed by atoms with Crippen LogP contribution in [0.4, 0.5) is 4.79 Å². The van der Waals surface area contributed by atoms with Crippen molar-refractivity contribution in [2.24, 2.45) is 11.8 Å². The van der Waals surface area contributed by atoms with E-state index < -0.39 is 0 Å². The number of amides is 1. The molecule has 1 amide bonds. The summed E-state index contributed by atoms with van der Waals surface area (Å²) < 4.78 is 5.18. The Balaban J connectivity index is 2.32. The Hall–Kier alpha value is -0.770. The minimum Gasteiger partial charge on any atom is -0.447 e. The van der Waals surface area contributed by atoms with Crippen molar-refractivity contribution in [2.45, 2.75) is 46.1 Å². The minimum absolute atomic E-state index is 0.0477. The van der Waals surface area contributed by atoms with Gasteiger partial charge in [-0.05, 0) is 44.9 Å². The molecule has 100 valence electrons. The molecule has 1 heterocycles. The maximum absolute atomic E-state index is 11.7. The number of rotatable bonds is 4. The summed E-state index contributed by atoms with van der Waals surface area (Å²) >= 11 is 0. The van der Waals surface area contributed by atoms with Gasteiger partial charge in [-0.2, -0.15) is 0 Å². The largest absolute Gasteiger partial charge is 0.447 e. The molecule has 0 aromatic rings. The van der Waals surface area contributed by atoms with Crippen molar-refractivity contribution in [2.75, 3.05) is 19.7 Å². The average Bonchev–Trinajstić information content (AvgIpc) is 2.28. The Morgan fingerprint density at radius 1 is 1.35 bits per heavy atom. The molecule has 4 heteroatoms. The number of carbonyl (C=O) groups is 1. The first-order valence-corrected chi connectivity index (χ1v) is 6.61. The second-order valence-electron chi connectivity index (χ2n) is 5.25. The van der Waals surface area contributed by atoms with Gasteiger partial charge in [0.25, 0.3) is 0 Å². The third kappa shape index (κ3) is 4.54. The van der Waals surface area contributed by atoms with Gasteiger partial charge in [-0.1, -0.05) is 6.92 Å². The number of likely N-dealkylation sites (tertiary alicyclic amines) is 1. The molecule has 1 fully saturated rings. The van der Waals surface area contributed by atoms with E-state index in [2.05, 4.69) is 6.92 Å². The van der Waals surface area contributed by atoms with Crippen molar-refractivity contribution in [1.29, 1.82) is 0 Å². The Kier molecular flexibility index (Phi) is 5.75. The van der Waals surface area contributed by atoms with Crippen LogP contribution in [0.25, 0.3) is 0 Å². The highest BCUT2D eigenvalue weighted by Crippen LogP contribution is 2.27. The first-order chi connectivity index (χ1) is 8.04. The Bertz CT molecular complexity index is 235. The van der Waals surface area contributed by atoms with E-state index in [1.54, 1.807) is 4.90 Å². The standard InChI is InChI=1S/C13H25NO3/c1-10(2)17-13(16)14-7-4-12(5-8-14)11(3)6-9-15/h10-12,15H,4-9H2,1-3H3. The Labute approximate surface area is 104 Å². The van der Waals surface area contributed by atoms with E-state index in [1.807, 2.05) is 13.8 Å². The minimum atomic E-state index is -0.187. The molecule has 0 bridgehead atoms. The lowest BCUT2D eigenvalue weighted by atomic mass is 9.84. The van der Waals surface area contributed by atoms with Gasteiger partial charge in [0.15, 0.2) is 0 Å². The summed E-state index contributed by atoms with van der Waals surface area (Å²) in [5.41, 5.74) is 0. The van der Waals surface area contributed by atoms with Crippen molar-refractivity contribution in [3.8, 4) is 0 Å². The normalized spacial score (nSPS) is 19.5. The number of aliphatic hydroxyl groups is 1. The summed E-state index contributed by atoms with van der Waals surface area (Å²) in [6, 6.07) is 0. The van der Waals surface area contributed by atoms with Crippen LogP contribution in [0.3, 0.4) is 0 Å². The van der Waals surface area contributed by atoms with E-state index in [0.717, 1.165) is 32.4 Å². The molecule has 1 unspecified atom stereocenters. The van der Waals surface area contributed by atoms with Crippen LogP contribution in [-0.4, -0.2) is 41.9 Å². The van der Waals surface area contributed by atoms with Gasteiger partial charge in [-0.25, -0.2) is 4.79 Å². The molecular formula is C13H25NO3. The van der Waals surface area contributed by atoms with Crippen LogP contribution < -0.4 is 0 Å². The second-order valence-corrected chi connectivity index (χ2v) is 5.25. The molecule has 0 spiro atoms. The fraction of sp³-hybridized carbons (Fsp3) is 0.923. The first kappa shape index (κ1) is 14.3. The Morgan fingerprint density at radius 3 is 2.41 bits per heavy atom. The maximum Gasteiger partial charge on any atom is 0.410 e. The number of hydrogen-bond acceptors (Lipinski definition) is 3. The number of aliphatic hydroxyl groups excluding tert-OH is 1. The smallest absolute Gasteiger partial charge is 0.410 e. The van der Waals surface area contributed by atoms with Crippen LogP contribution in [0.5, 0.6) is 0 Å². The van der Waals surface area contributed by atoms with E-state index >= 15 is 0 Å². The molecule has 1 rings (SSSR count). The first-order valence-electron chi connectivity index (χ1n) is 6.61. The number of carbonyl (C=O) groups excluding carboxylic acids is 1. The fourth-order valence-electron chi connectivity index (χ4n) is 2.37. The number of ether oxygens (including phenoxy) is 1. The quantitative estimate of drug-likeness (QED) is 0.824. The molecule has 0 aromatic carbocycles. The van der Waals surface area contributed by atoms with Gasteiger partial charge in [0, 0.05) is 19.7 Å². The summed E-state index contributed by atoms with van der Waals surface area (Å²) in [4.78, 5) is 13.5. The van der Waals surface area contributed by atoms with E-state index in [4.69, 9.17) is 9.84 Å². The van der Waals surface area contributed by atoms with Crippen molar-refractivity contribution >= 4 is 6.09 Å². The zero-order valence-electron chi connectivity index (χ0n) is 11.2. The van der Waals surface area contributed by atoms with E-state index in [0.29, 0.717) is 11.8 Å². The van der Waals surface area contributed by atoms with Crippen LogP contribution in [0, 0.1) is 11.8 Å². The summed E-state index contributed by atoms with van der Waals surface area (Å²) in [7, 11) is 0.